The Morgan fingerprint density at radius 3 is 1.62 bits per heavy atom. The van der Waals surface area contributed by atoms with E-state index >= 15 is 0 Å². The molecule has 0 unspecified atom stereocenters. The lowest BCUT2D eigenvalue weighted by Gasteiger charge is -1.98. The highest BCUT2D eigenvalue weighted by Gasteiger charge is 1.98. The topological polar surface area (TPSA) is 26.3 Å². The Kier molecular flexibility index (Phi) is 17.8. The average Bonchev–Trinajstić information content (AvgIpc) is 2.58. The molecule has 0 aromatic rings. The van der Waals surface area contributed by atoms with Crippen LogP contribution < -0.4 is 0 Å². The van der Waals surface area contributed by atoms with Crippen LogP contribution in [0.1, 0.15) is 65.2 Å². The Hall–Kier alpha value is -1.83. The average molecular weight is 331 g/mol. The third kappa shape index (κ3) is 18.2. The van der Waals surface area contributed by atoms with Crippen LogP contribution in [-0.4, -0.2) is 12.6 Å². The molecule has 0 aromatic carbocycles. The molecule has 0 heterocycles. The zero-order valence-corrected chi connectivity index (χ0v) is 15.5. The molecule has 0 atom stereocenters. The number of carbonyl (C=O) groups excluding carboxylic acids is 1. The molecular formula is C22H34O2. The summed E-state index contributed by atoms with van der Waals surface area (Å²) in [7, 11) is 0. The van der Waals surface area contributed by atoms with Crippen LogP contribution in [0.15, 0.2) is 60.8 Å². The molecule has 0 bridgehead atoms. The summed E-state index contributed by atoms with van der Waals surface area (Å²) in [6.45, 7) is 4.46. The molecule has 0 aromatic heterocycles. The SMILES string of the molecule is CC/C=C/C/C=C/C/C=C/C/C=C/C/C=C/CCCC(=O)OCC. The van der Waals surface area contributed by atoms with Gasteiger partial charge in [-0.3, -0.25) is 4.79 Å². The number of rotatable bonds is 14. The van der Waals surface area contributed by atoms with E-state index in [2.05, 4.69) is 67.7 Å². The Balaban J connectivity index is 3.48. The van der Waals surface area contributed by atoms with Gasteiger partial charge >= 0.3 is 5.97 Å². The molecule has 0 N–H and O–H groups in total. The first-order chi connectivity index (χ1) is 11.8. The molecule has 134 valence electrons. The van der Waals surface area contributed by atoms with Gasteiger partial charge in [0.25, 0.3) is 0 Å². The zero-order chi connectivity index (χ0) is 17.7. The minimum absolute atomic E-state index is 0.0927. The van der Waals surface area contributed by atoms with Gasteiger partial charge in [0.15, 0.2) is 0 Å². The lowest BCUT2D eigenvalue weighted by Crippen LogP contribution is -2.02. The summed E-state index contributed by atoms with van der Waals surface area (Å²) >= 11 is 0. The second-order valence-corrected chi connectivity index (χ2v) is 5.41. The van der Waals surface area contributed by atoms with Gasteiger partial charge in [0.05, 0.1) is 6.61 Å². The maximum Gasteiger partial charge on any atom is 0.305 e. The predicted octanol–water partition coefficient (Wildman–Crippen LogP) is 6.47. The molecule has 0 aliphatic rings. The highest BCUT2D eigenvalue weighted by molar-refractivity contribution is 5.69. The number of carbonyl (C=O) groups is 1. The maximum atomic E-state index is 11.1. The molecule has 24 heavy (non-hydrogen) atoms. The van der Waals surface area contributed by atoms with Gasteiger partial charge in [-0.2, -0.15) is 0 Å². The van der Waals surface area contributed by atoms with E-state index in [4.69, 9.17) is 4.74 Å². The van der Waals surface area contributed by atoms with Gasteiger partial charge in [0.1, 0.15) is 0 Å². The minimum atomic E-state index is -0.0927. The van der Waals surface area contributed by atoms with Crippen LogP contribution in [0.2, 0.25) is 0 Å². The van der Waals surface area contributed by atoms with E-state index in [1.165, 1.54) is 0 Å². The summed E-state index contributed by atoms with van der Waals surface area (Å²) in [5.41, 5.74) is 0. The summed E-state index contributed by atoms with van der Waals surface area (Å²) in [6, 6.07) is 0. The number of hydrogen-bond acceptors (Lipinski definition) is 2. The van der Waals surface area contributed by atoms with Gasteiger partial charge in [-0.05, 0) is 51.9 Å². The molecule has 0 spiro atoms. The number of unbranched alkanes of at least 4 members (excludes halogenated alkanes) is 1. The maximum absolute atomic E-state index is 11.1. The summed E-state index contributed by atoms with van der Waals surface area (Å²) in [4.78, 5) is 11.1. The van der Waals surface area contributed by atoms with Crippen LogP contribution in [-0.2, 0) is 9.53 Å². The lowest BCUT2D eigenvalue weighted by atomic mass is 10.2. The standard InChI is InChI=1S/C22H34O2/c1-3-5-6-7-8-9-10-11-12-13-14-15-16-17-18-19-20-21-22(23)24-4-2/h5-6,8-9,11-12,14-15,17-18H,3-4,7,10,13,16,19-21H2,1-2H3/b6-5+,9-8+,12-11+,15-14+,18-17+. The summed E-state index contributed by atoms with van der Waals surface area (Å²) in [5, 5.41) is 0. The van der Waals surface area contributed by atoms with E-state index in [-0.39, 0.29) is 5.97 Å². The Morgan fingerprint density at radius 2 is 1.17 bits per heavy atom. The fraction of sp³-hybridized carbons (Fsp3) is 0.500. The van der Waals surface area contributed by atoms with Crippen molar-refractivity contribution >= 4 is 5.97 Å². The summed E-state index contributed by atoms with van der Waals surface area (Å²) in [6.07, 6.45) is 29.3. The smallest absolute Gasteiger partial charge is 0.305 e. The fourth-order valence-corrected chi connectivity index (χ4v) is 1.97. The highest BCUT2D eigenvalue weighted by Crippen LogP contribution is 2.00. The largest absolute Gasteiger partial charge is 0.466 e. The third-order valence-electron chi connectivity index (χ3n) is 3.21. The first kappa shape index (κ1) is 22.2. The van der Waals surface area contributed by atoms with Crippen molar-refractivity contribution in [3.8, 4) is 0 Å². The molecule has 0 saturated heterocycles. The van der Waals surface area contributed by atoms with Crippen LogP contribution in [0.25, 0.3) is 0 Å². The van der Waals surface area contributed by atoms with Crippen molar-refractivity contribution in [3.63, 3.8) is 0 Å². The van der Waals surface area contributed by atoms with Crippen molar-refractivity contribution in [1.82, 2.24) is 0 Å². The van der Waals surface area contributed by atoms with Gasteiger partial charge in [-0.15, -0.1) is 0 Å². The van der Waals surface area contributed by atoms with Crippen LogP contribution >= 0.6 is 0 Å². The van der Waals surface area contributed by atoms with Crippen LogP contribution in [0.5, 0.6) is 0 Å². The van der Waals surface area contributed by atoms with E-state index < -0.39 is 0 Å². The molecule has 0 fully saturated rings. The predicted molar refractivity (Wildman–Crippen MR) is 105 cm³/mol. The Bertz CT molecular complexity index is 425. The lowest BCUT2D eigenvalue weighted by molar-refractivity contribution is -0.143. The molecule has 0 aliphatic carbocycles. The van der Waals surface area contributed by atoms with E-state index in [1.54, 1.807) is 0 Å². The van der Waals surface area contributed by atoms with Crippen molar-refractivity contribution in [2.24, 2.45) is 0 Å². The fourth-order valence-electron chi connectivity index (χ4n) is 1.97. The first-order valence-electron chi connectivity index (χ1n) is 9.21. The van der Waals surface area contributed by atoms with Crippen molar-refractivity contribution in [2.45, 2.75) is 65.2 Å². The van der Waals surface area contributed by atoms with Gasteiger partial charge in [-0.25, -0.2) is 0 Å². The Labute approximate surface area is 148 Å². The van der Waals surface area contributed by atoms with Gasteiger partial charge in [-0.1, -0.05) is 67.7 Å². The van der Waals surface area contributed by atoms with Gasteiger partial charge in [0.2, 0.25) is 0 Å². The molecular weight excluding hydrogens is 296 g/mol. The number of hydrogen-bond donors (Lipinski definition) is 0. The summed E-state index contributed by atoms with van der Waals surface area (Å²) < 4.78 is 4.88. The second kappa shape index (κ2) is 19.2. The van der Waals surface area contributed by atoms with Crippen molar-refractivity contribution in [1.29, 1.82) is 0 Å². The van der Waals surface area contributed by atoms with E-state index in [9.17, 15) is 4.79 Å². The zero-order valence-electron chi connectivity index (χ0n) is 15.5. The number of ether oxygens (including phenoxy) is 1. The van der Waals surface area contributed by atoms with Gasteiger partial charge < -0.3 is 4.74 Å². The van der Waals surface area contributed by atoms with Crippen LogP contribution in [0, 0.1) is 0 Å². The van der Waals surface area contributed by atoms with Crippen molar-refractivity contribution < 1.29 is 9.53 Å². The van der Waals surface area contributed by atoms with Crippen LogP contribution in [0.4, 0.5) is 0 Å². The molecule has 0 amide bonds. The molecule has 2 nitrogen and oxygen atoms in total. The Morgan fingerprint density at radius 1 is 0.708 bits per heavy atom. The van der Waals surface area contributed by atoms with Crippen molar-refractivity contribution in [3.05, 3.63) is 60.8 Å². The number of esters is 1. The third-order valence-corrected chi connectivity index (χ3v) is 3.21. The monoisotopic (exact) mass is 330 g/mol. The van der Waals surface area contributed by atoms with E-state index in [0.717, 1.165) is 44.9 Å². The quantitative estimate of drug-likeness (QED) is 0.207. The van der Waals surface area contributed by atoms with Crippen molar-refractivity contribution in [2.75, 3.05) is 6.61 Å². The van der Waals surface area contributed by atoms with Gasteiger partial charge in [0, 0.05) is 6.42 Å². The molecule has 0 aliphatic heterocycles. The first-order valence-corrected chi connectivity index (χ1v) is 9.21. The highest BCUT2D eigenvalue weighted by atomic mass is 16.5. The van der Waals surface area contributed by atoms with Crippen LogP contribution in [0.3, 0.4) is 0 Å². The van der Waals surface area contributed by atoms with E-state index in [0.29, 0.717) is 13.0 Å². The molecule has 0 radical (unpaired) electrons. The second-order valence-electron chi connectivity index (χ2n) is 5.41. The normalized spacial score (nSPS) is 12.6. The number of allylic oxidation sites excluding steroid dienone is 10. The van der Waals surface area contributed by atoms with E-state index in [1.807, 2.05) is 6.92 Å². The minimum Gasteiger partial charge on any atom is -0.466 e. The molecule has 0 saturated carbocycles. The molecule has 2 heteroatoms. The summed E-state index contributed by atoms with van der Waals surface area (Å²) in [5.74, 6) is -0.0927. The molecule has 0 rings (SSSR count).